The first-order valence-corrected chi connectivity index (χ1v) is 3.33. The Bertz CT molecular complexity index is 94.7. The fourth-order valence-electron chi connectivity index (χ4n) is 0.114. The van der Waals surface area contributed by atoms with E-state index in [0.717, 1.165) is 5.57 Å². The lowest BCUT2D eigenvalue weighted by molar-refractivity contribution is 0.830. The SMILES string of the molecule is C=C(C)C(C)(Cl)CCl. The average Bonchev–Trinajstić information content (AvgIpc) is 1.67. The van der Waals surface area contributed by atoms with Crippen molar-refractivity contribution in [2.24, 2.45) is 0 Å². The van der Waals surface area contributed by atoms with E-state index in [1.54, 1.807) is 0 Å². The van der Waals surface area contributed by atoms with Gasteiger partial charge in [0.25, 0.3) is 0 Å². The van der Waals surface area contributed by atoms with Crippen LogP contribution in [-0.4, -0.2) is 10.8 Å². The zero-order valence-electron chi connectivity index (χ0n) is 5.17. The number of hydrogen-bond donors (Lipinski definition) is 0. The van der Waals surface area contributed by atoms with Crippen LogP contribution in [-0.2, 0) is 0 Å². The van der Waals surface area contributed by atoms with Gasteiger partial charge in [0.15, 0.2) is 0 Å². The Balaban J connectivity index is 3.91. The van der Waals surface area contributed by atoms with Gasteiger partial charge in [-0.15, -0.1) is 23.2 Å². The van der Waals surface area contributed by atoms with Crippen LogP contribution < -0.4 is 0 Å². The number of hydrogen-bond acceptors (Lipinski definition) is 0. The molecule has 1 unspecified atom stereocenters. The van der Waals surface area contributed by atoms with Crippen LogP contribution in [0.4, 0.5) is 0 Å². The molecule has 2 heteroatoms. The van der Waals surface area contributed by atoms with E-state index in [1.807, 2.05) is 13.8 Å². The Kier molecular flexibility index (Phi) is 2.86. The summed E-state index contributed by atoms with van der Waals surface area (Å²) in [5, 5.41) is 0. The molecule has 0 saturated heterocycles. The first-order valence-electron chi connectivity index (χ1n) is 2.41. The van der Waals surface area contributed by atoms with Gasteiger partial charge in [0.2, 0.25) is 0 Å². The Labute approximate surface area is 60.5 Å². The minimum absolute atomic E-state index is 0.415. The Morgan fingerprint density at radius 3 is 2.12 bits per heavy atom. The zero-order chi connectivity index (χ0) is 6.78. The smallest absolute Gasteiger partial charge is 0.0756 e. The fourth-order valence-corrected chi connectivity index (χ4v) is 0.342. The predicted octanol–water partition coefficient (Wildman–Crippen LogP) is 2.80. The van der Waals surface area contributed by atoms with Crippen molar-refractivity contribution in [2.75, 3.05) is 5.88 Å². The van der Waals surface area contributed by atoms with Gasteiger partial charge in [0.1, 0.15) is 0 Å². The minimum Gasteiger partial charge on any atom is -0.124 e. The molecule has 0 aromatic rings. The van der Waals surface area contributed by atoms with Crippen LogP contribution in [0.5, 0.6) is 0 Å². The molecular formula is C6H10Cl2. The minimum atomic E-state index is -0.415. The van der Waals surface area contributed by atoms with E-state index in [9.17, 15) is 0 Å². The van der Waals surface area contributed by atoms with Crippen molar-refractivity contribution in [3.63, 3.8) is 0 Å². The summed E-state index contributed by atoms with van der Waals surface area (Å²) in [5.74, 6) is 0.421. The van der Waals surface area contributed by atoms with Gasteiger partial charge in [-0.05, 0) is 13.8 Å². The largest absolute Gasteiger partial charge is 0.124 e. The lowest BCUT2D eigenvalue weighted by atomic mass is 10.1. The molecule has 0 aliphatic heterocycles. The summed E-state index contributed by atoms with van der Waals surface area (Å²) in [4.78, 5) is -0.415. The summed E-state index contributed by atoms with van der Waals surface area (Å²) in [5.41, 5.74) is 0.911. The van der Waals surface area contributed by atoms with Gasteiger partial charge in [-0.2, -0.15) is 0 Å². The van der Waals surface area contributed by atoms with Crippen LogP contribution in [0.1, 0.15) is 13.8 Å². The zero-order valence-corrected chi connectivity index (χ0v) is 6.68. The molecule has 0 rings (SSSR count). The maximum Gasteiger partial charge on any atom is 0.0756 e. The summed E-state index contributed by atoms with van der Waals surface area (Å²) in [7, 11) is 0. The van der Waals surface area contributed by atoms with E-state index in [0.29, 0.717) is 5.88 Å². The highest BCUT2D eigenvalue weighted by atomic mass is 35.5. The normalized spacial score (nSPS) is 17.5. The third-order valence-electron chi connectivity index (χ3n) is 1.14. The van der Waals surface area contributed by atoms with Gasteiger partial charge in [-0.25, -0.2) is 0 Å². The van der Waals surface area contributed by atoms with Crippen LogP contribution in [0.15, 0.2) is 12.2 Å². The maximum atomic E-state index is 5.82. The first-order chi connectivity index (χ1) is 3.50. The molecule has 0 fully saturated rings. The molecule has 0 radical (unpaired) electrons. The van der Waals surface area contributed by atoms with Gasteiger partial charge in [-0.3, -0.25) is 0 Å². The Hall–Kier alpha value is 0.320. The second-order valence-electron chi connectivity index (χ2n) is 2.11. The third kappa shape index (κ3) is 2.06. The van der Waals surface area contributed by atoms with E-state index < -0.39 is 4.87 Å². The molecule has 0 N–H and O–H groups in total. The molecule has 1 atom stereocenters. The second-order valence-corrected chi connectivity index (χ2v) is 3.21. The number of alkyl halides is 2. The topological polar surface area (TPSA) is 0 Å². The van der Waals surface area contributed by atoms with Crippen LogP contribution in [0.25, 0.3) is 0 Å². The fraction of sp³-hybridized carbons (Fsp3) is 0.667. The monoisotopic (exact) mass is 152 g/mol. The van der Waals surface area contributed by atoms with Gasteiger partial charge in [-0.1, -0.05) is 12.2 Å². The summed E-state index contributed by atoms with van der Waals surface area (Å²) in [6.45, 7) is 7.40. The van der Waals surface area contributed by atoms with Crippen molar-refractivity contribution in [1.29, 1.82) is 0 Å². The molecule has 0 aliphatic carbocycles. The molecule has 8 heavy (non-hydrogen) atoms. The summed E-state index contributed by atoms with van der Waals surface area (Å²) >= 11 is 11.3. The van der Waals surface area contributed by atoms with Gasteiger partial charge < -0.3 is 0 Å². The lowest BCUT2D eigenvalue weighted by Crippen LogP contribution is -2.18. The standard InChI is InChI=1S/C6H10Cl2/c1-5(2)6(3,8)4-7/h1,4H2,2-3H3. The van der Waals surface area contributed by atoms with Gasteiger partial charge in [0, 0.05) is 5.88 Å². The van der Waals surface area contributed by atoms with Crippen LogP contribution in [0, 0.1) is 0 Å². The van der Waals surface area contributed by atoms with E-state index in [-0.39, 0.29) is 0 Å². The van der Waals surface area contributed by atoms with Crippen molar-refractivity contribution in [1.82, 2.24) is 0 Å². The number of halogens is 2. The Morgan fingerprint density at radius 2 is 2.12 bits per heavy atom. The highest BCUT2D eigenvalue weighted by Crippen LogP contribution is 2.23. The summed E-state index contributed by atoms with van der Waals surface area (Å²) in [6.07, 6.45) is 0. The highest BCUT2D eigenvalue weighted by molar-refractivity contribution is 6.32. The van der Waals surface area contributed by atoms with E-state index >= 15 is 0 Å². The van der Waals surface area contributed by atoms with Gasteiger partial charge in [0.05, 0.1) is 4.87 Å². The molecule has 0 aromatic heterocycles. The second kappa shape index (κ2) is 2.75. The highest BCUT2D eigenvalue weighted by Gasteiger charge is 2.19. The summed E-state index contributed by atoms with van der Waals surface area (Å²) in [6, 6.07) is 0. The van der Waals surface area contributed by atoms with E-state index in [4.69, 9.17) is 23.2 Å². The molecule has 0 aromatic carbocycles. The lowest BCUT2D eigenvalue weighted by Gasteiger charge is -2.17. The van der Waals surface area contributed by atoms with E-state index in [1.165, 1.54) is 0 Å². The molecule has 0 heterocycles. The molecular weight excluding hydrogens is 143 g/mol. The molecule has 0 spiro atoms. The molecule has 0 saturated carbocycles. The van der Waals surface area contributed by atoms with Crippen molar-refractivity contribution >= 4 is 23.2 Å². The molecule has 48 valence electrons. The first kappa shape index (κ1) is 8.32. The van der Waals surface area contributed by atoms with Crippen LogP contribution in [0.2, 0.25) is 0 Å². The average molecular weight is 153 g/mol. The van der Waals surface area contributed by atoms with Gasteiger partial charge >= 0.3 is 0 Å². The third-order valence-corrected chi connectivity index (χ3v) is 2.27. The quantitative estimate of drug-likeness (QED) is 0.422. The van der Waals surface area contributed by atoms with Crippen molar-refractivity contribution in [3.05, 3.63) is 12.2 Å². The Morgan fingerprint density at radius 1 is 1.75 bits per heavy atom. The van der Waals surface area contributed by atoms with Crippen molar-refractivity contribution in [3.8, 4) is 0 Å². The molecule has 0 bridgehead atoms. The molecule has 0 aliphatic rings. The van der Waals surface area contributed by atoms with E-state index in [2.05, 4.69) is 6.58 Å². The van der Waals surface area contributed by atoms with Crippen LogP contribution >= 0.6 is 23.2 Å². The summed E-state index contributed by atoms with van der Waals surface area (Å²) < 4.78 is 0. The number of allylic oxidation sites excluding steroid dienone is 1. The predicted molar refractivity (Wildman–Crippen MR) is 39.8 cm³/mol. The van der Waals surface area contributed by atoms with Crippen molar-refractivity contribution in [2.45, 2.75) is 18.7 Å². The maximum absolute atomic E-state index is 5.82. The molecule has 0 nitrogen and oxygen atoms in total. The van der Waals surface area contributed by atoms with Crippen LogP contribution in [0.3, 0.4) is 0 Å². The number of rotatable bonds is 2. The molecule has 0 amide bonds. The van der Waals surface area contributed by atoms with Crippen molar-refractivity contribution < 1.29 is 0 Å².